The fourth-order valence-corrected chi connectivity index (χ4v) is 2.51. The summed E-state index contributed by atoms with van der Waals surface area (Å²) in [6, 6.07) is 16.6. The second-order valence-corrected chi connectivity index (χ2v) is 4.85. The van der Waals surface area contributed by atoms with Crippen LogP contribution in [-0.2, 0) is 13.1 Å². The zero-order chi connectivity index (χ0) is 13.9. The van der Waals surface area contributed by atoms with Crippen LogP contribution >= 0.6 is 0 Å². The maximum Gasteiger partial charge on any atom is 0.123 e. The molecule has 0 spiro atoms. The molecule has 0 aliphatic heterocycles. The fourth-order valence-electron chi connectivity index (χ4n) is 2.51. The fraction of sp³-hybridized carbons (Fsp3) is 0.176. The van der Waals surface area contributed by atoms with Gasteiger partial charge in [0.2, 0.25) is 0 Å². The van der Waals surface area contributed by atoms with Gasteiger partial charge >= 0.3 is 0 Å². The molecule has 1 aromatic heterocycles. The Hall–Kier alpha value is -2.26. The van der Waals surface area contributed by atoms with Crippen molar-refractivity contribution in [2.45, 2.75) is 13.1 Å². The Kier molecular flexibility index (Phi) is 3.44. The third-order valence-electron chi connectivity index (χ3n) is 3.61. The lowest BCUT2D eigenvalue weighted by molar-refractivity contribution is 0.408. The number of nitrogens with two attached hydrogens (primary N) is 1. The van der Waals surface area contributed by atoms with E-state index in [4.69, 9.17) is 10.5 Å². The van der Waals surface area contributed by atoms with Gasteiger partial charge in [-0.1, -0.05) is 30.3 Å². The molecule has 0 saturated carbocycles. The van der Waals surface area contributed by atoms with E-state index in [1.165, 1.54) is 16.5 Å². The zero-order valence-corrected chi connectivity index (χ0v) is 11.5. The summed E-state index contributed by atoms with van der Waals surface area (Å²) in [5.41, 5.74) is 9.26. The molecule has 0 amide bonds. The van der Waals surface area contributed by atoms with Gasteiger partial charge in [0.15, 0.2) is 0 Å². The number of aromatic nitrogens is 1. The van der Waals surface area contributed by atoms with Gasteiger partial charge in [0, 0.05) is 23.8 Å². The Labute approximate surface area is 118 Å². The van der Waals surface area contributed by atoms with Crippen LogP contribution < -0.4 is 10.5 Å². The average molecular weight is 266 g/mol. The lowest BCUT2D eigenvalue weighted by Crippen LogP contribution is -2.01. The van der Waals surface area contributed by atoms with Crippen LogP contribution in [0.5, 0.6) is 5.75 Å². The summed E-state index contributed by atoms with van der Waals surface area (Å²) in [4.78, 5) is 0. The van der Waals surface area contributed by atoms with Crippen molar-refractivity contribution >= 4 is 10.9 Å². The largest absolute Gasteiger partial charge is 0.496 e. The number of benzene rings is 2. The molecule has 0 aliphatic carbocycles. The normalized spacial score (nSPS) is 10.9. The second kappa shape index (κ2) is 5.39. The van der Waals surface area contributed by atoms with Crippen LogP contribution in [0.1, 0.15) is 11.1 Å². The molecule has 20 heavy (non-hydrogen) atoms. The Balaban J connectivity index is 2.02. The van der Waals surface area contributed by atoms with Crippen molar-refractivity contribution in [3.8, 4) is 5.75 Å². The van der Waals surface area contributed by atoms with Crippen LogP contribution in [0.4, 0.5) is 0 Å². The summed E-state index contributed by atoms with van der Waals surface area (Å²) < 4.78 is 7.65. The van der Waals surface area contributed by atoms with Gasteiger partial charge in [-0.05, 0) is 29.1 Å². The summed E-state index contributed by atoms with van der Waals surface area (Å²) in [5.74, 6) is 0.921. The van der Waals surface area contributed by atoms with Crippen LogP contribution in [0, 0.1) is 0 Å². The minimum atomic E-state index is 0.565. The highest BCUT2D eigenvalue weighted by Crippen LogP contribution is 2.23. The number of ether oxygens (including phenoxy) is 1. The molecule has 0 fully saturated rings. The SMILES string of the molecule is COc1ccccc1Cn1ccc2ccc(CN)cc21. The number of nitrogens with zero attached hydrogens (tertiary/aromatic N) is 1. The van der Waals surface area contributed by atoms with E-state index in [1.807, 2.05) is 18.2 Å². The summed E-state index contributed by atoms with van der Waals surface area (Å²) >= 11 is 0. The van der Waals surface area contributed by atoms with Crippen molar-refractivity contribution in [1.82, 2.24) is 4.57 Å². The lowest BCUT2D eigenvalue weighted by Gasteiger charge is -2.10. The first kappa shape index (κ1) is 12.8. The molecule has 102 valence electrons. The molecule has 2 N–H and O–H groups in total. The van der Waals surface area contributed by atoms with Gasteiger partial charge in [-0.15, -0.1) is 0 Å². The standard InChI is InChI=1S/C17H18N2O/c1-20-17-5-3-2-4-15(17)12-19-9-8-14-7-6-13(11-18)10-16(14)19/h2-10H,11-12,18H2,1H3. The number of para-hydroxylation sites is 1. The van der Waals surface area contributed by atoms with E-state index in [1.54, 1.807) is 7.11 Å². The van der Waals surface area contributed by atoms with Gasteiger partial charge in [-0.3, -0.25) is 0 Å². The summed E-state index contributed by atoms with van der Waals surface area (Å²) in [6.07, 6.45) is 2.11. The Morgan fingerprint density at radius 1 is 1.10 bits per heavy atom. The van der Waals surface area contributed by atoms with Crippen LogP contribution in [0.2, 0.25) is 0 Å². The van der Waals surface area contributed by atoms with Crippen molar-refractivity contribution in [1.29, 1.82) is 0 Å². The summed E-state index contributed by atoms with van der Waals surface area (Å²) in [7, 11) is 1.71. The average Bonchev–Trinajstić information content (AvgIpc) is 2.90. The Morgan fingerprint density at radius 3 is 2.75 bits per heavy atom. The van der Waals surface area contributed by atoms with Crippen molar-refractivity contribution < 1.29 is 4.74 Å². The first-order valence-corrected chi connectivity index (χ1v) is 6.71. The van der Waals surface area contributed by atoms with Crippen molar-refractivity contribution in [3.63, 3.8) is 0 Å². The van der Waals surface area contributed by atoms with Gasteiger partial charge < -0.3 is 15.0 Å². The zero-order valence-electron chi connectivity index (χ0n) is 11.5. The van der Waals surface area contributed by atoms with Crippen LogP contribution in [0.15, 0.2) is 54.7 Å². The molecule has 1 heterocycles. The third-order valence-corrected chi connectivity index (χ3v) is 3.61. The maximum atomic E-state index is 5.73. The molecular weight excluding hydrogens is 248 g/mol. The maximum absolute atomic E-state index is 5.73. The molecule has 3 rings (SSSR count). The highest BCUT2D eigenvalue weighted by Gasteiger charge is 2.06. The molecule has 0 unspecified atom stereocenters. The minimum Gasteiger partial charge on any atom is -0.496 e. The molecule has 0 bridgehead atoms. The van der Waals surface area contributed by atoms with Crippen molar-refractivity contribution in [2.75, 3.05) is 7.11 Å². The number of fused-ring (bicyclic) bond motifs is 1. The van der Waals surface area contributed by atoms with Gasteiger partial charge in [0.25, 0.3) is 0 Å². The third kappa shape index (κ3) is 2.28. The molecular formula is C17H18N2O. The monoisotopic (exact) mass is 266 g/mol. The highest BCUT2D eigenvalue weighted by molar-refractivity contribution is 5.81. The van der Waals surface area contributed by atoms with Gasteiger partial charge in [-0.25, -0.2) is 0 Å². The predicted molar refractivity (Wildman–Crippen MR) is 81.9 cm³/mol. The molecule has 0 saturated heterocycles. The summed E-state index contributed by atoms with van der Waals surface area (Å²) in [5, 5.41) is 1.23. The van der Waals surface area contributed by atoms with E-state index in [0.29, 0.717) is 6.54 Å². The Morgan fingerprint density at radius 2 is 1.95 bits per heavy atom. The van der Waals surface area contributed by atoms with E-state index in [0.717, 1.165) is 17.9 Å². The quantitative estimate of drug-likeness (QED) is 0.788. The van der Waals surface area contributed by atoms with E-state index in [9.17, 15) is 0 Å². The predicted octanol–water partition coefficient (Wildman–Crippen LogP) is 3.16. The smallest absolute Gasteiger partial charge is 0.123 e. The number of methoxy groups -OCH3 is 1. The van der Waals surface area contributed by atoms with Crippen molar-refractivity contribution in [2.24, 2.45) is 5.73 Å². The van der Waals surface area contributed by atoms with E-state index in [2.05, 4.69) is 41.1 Å². The lowest BCUT2D eigenvalue weighted by atomic mass is 10.1. The number of rotatable bonds is 4. The highest BCUT2D eigenvalue weighted by atomic mass is 16.5. The van der Waals surface area contributed by atoms with Gasteiger partial charge in [-0.2, -0.15) is 0 Å². The first-order valence-electron chi connectivity index (χ1n) is 6.71. The molecule has 3 aromatic rings. The van der Waals surface area contributed by atoms with E-state index in [-0.39, 0.29) is 0 Å². The van der Waals surface area contributed by atoms with Crippen LogP contribution in [0.3, 0.4) is 0 Å². The molecule has 0 radical (unpaired) electrons. The van der Waals surface area contributed by atoms with E-state index < -0.39 is 0 Å². The van der Waals surface area contributed by atoms with Crippen molar-refractivity contribution in [3.05, 3.63) is 65.9 Å². The molecule has 3 nitrogen and oxygen atoms in total. The molecule has 0 atom stereocenters. The topological polar surface area (TPSA) is 40.2 Å². The molecule has 0 aliphatic rings. The second-order valence-electron chi connectivity index (χ2n) is 4.85. The van der Waals surface area contributed by atoms with Crippen LogP contribution in [-0.4, -0.2) is 11.7 Å². The molecule has 3 heteroatoms. The minimum absolute atomic E-state index is 0.565. The Bertz CT molecular complexity index is 731. The van der Waals surface area contributed by atoms with Gasteiger partial charge in [0.05, 0.1) is 13.7 Å². The van der Waals surface area contributed by atoms with Gasteiger partial charge in [0.1, 0.15) is 5.75 Å². The number of hydrogen-bond donors (Lipinski definition) is 1. The van der Waals surface area contributed by atoms with Crippen LogP contribution in [0.25, 0.3) is 10.9 Å². The molecule has 2 aromatic carbocycles. The number of hydrogen-bond acceptors (Lipinski definition) is 2. The first-order chi connectivity index (χ1) is 9.81. The van der Waals surface area contributed by atoms with E-state index >= 15 is 0 Å². The summed E-state index contributed by atoms with van der Waals surface area (Å²) in [6.45, 7) is 1.36.